The van der Waals surface area contributed by atoms with Crippen LogP contribution < -0.4 is 4.74 Å². The summed E-state index contributed by atoms with van der Waals surface area (Å²) in [5, 5.41) is 0. The molecule has 3 rings (SSSR count). The Morgan fingerprint density at radius 2 is 1.91 bits per heavy atom. The normalized spacial score (nSPS) is 18.2. The lowest BCUT2D eigenvalue weighted by Gasteiger charge is -2.37. The Kier molecular flexibility index (Phi) is 4.61. The molecule has 0 bridgehead atoms. The lowest BCUT2D eigenvalue weighted by atomic mass is 10.1. The van der Waals surface area contributed by atoms with E-state index in [1.54, 1.807) is 12.4 Å². The molecular formula is C17H25N5O. The zero-order valence-corrected chi connectivity index (χ0v) is 14.4. The van der Waals surface area contributed by atoms with Crippen molar-refractivity contribution >= 4 is 0 Å². The van der Waals surface area contributed by atoms with E-state index >= 15 is 0 Å². The minimum atomic E-state index is 0.360. The number of aryl methyl sites for hydroxylation is 1. The van der Waals surface area contributed by atoms with Gasteiger partial charge in [-0.05, 0) is 33.3 Å². The number of hydrogen-bond acceptors (Lipinski definition) is 5. The van der Waals surface area contributed by atoms with Gasteiger partial charge in [0.2, 0.25) is 0 Å². The Labute approximate surface area is 137 Å². The minimum Gasteiger partial charge on any atom is -0.463 e. The standard InChI is InChI=1S/C17H25N5O/c1-12(2)21-6-7-22-15(11-18-16(22)14(21)4)5-8-23-17-19-9-13(3)10-20-17/h9-12,14H,5-8H2,1-4H3/t14-/m0/s1. The van der Waals surface area contributed by atoms with Gasteiger partial charge in [-0.1, -0.05) is 0 Å². The van der Waals surface area contributed by atoms with E-state index < -0.39 is 0 Å². The summed E-state index contributed by atoms with van der Waals surface area (Å²) in [5.74, 6) is 1.16. The fraction of sp³-hybridized carbons (Fsp3) is 0.588. The molecule has 0 spiro atoms. The fourth-order valence-electron chi connectivity index (χ4n) is 3.18. The number of rotatable bonds is 5. The monoisotopic (exact) mass is 315 g/mol. The summed E-state index contributed by atoms with van der Waals surface area (Å²) in [6.07, 6.45) is 6.34. The molecule has 0 saturated carbocycles. The molecule has 0 fully saturated rings. The van der Waals surface area contributed by atoms with Crippen molar-refractivity contribution in [2.24, 2.45) is 0 Å². The number of hydrogen-bond donors (Lipinski definition) is 0. The predicted molar refractivity (Wildman–Crippen MR) is 88.5 cm³/mol. The van der Waals surface area contributed by atoms with Crippen LogP contribution in [0.2, 0.25) is 0 Å². The number of ether oxygens (including phenoxy) is 1. The molecule has 0 aliphatic carbocycles. The first-order chi connectivity index (χ1) is 11.1. The highest BCUT2D eigenvalue weighted by molar-refractivity contribution is 5.12. The summed E-state index contributed by atoms with van der Waals surface area (Å²) in [6, 6.07) is 1.34. The largest absolute Gasteiger partial charge is 0.463 e. The molecule has 2 aromatic heterocycles. The first-order valence-corrected chi connectivity index (χ1v) is 8.27. The van der Waals surface area contributed by atoms with Crippen LogP contribution in [-0.4, -0.2) is 43.6 Å². The van der Waals surface area contributed by atoms with Crippen molar-refractivity contribution in [3.8, 4) is 6.01 Å². The first-order valence-electron chi connectivity index (χ1n) is 8.27. The van der Waals surface area contributed by atoms with Gasteiger partial charge in [-0.25, -0.2) is 15.0 Å². The van der Waals surface area contributed by atoms with Gasteiger partial charge < -0.3 is 9.30 Å². The van der Waals surface area contributed by atoms with Crippen LogP contribution in [0, 0.1) is 6.92 Å². The highest BCUT2D eigenvalue weighted by Crippen LogP contribution is 2.27. The van der Waals surface area contributed by atoms with E-state index in [0.717, 1.165) is 30.9 Å². The Morgan fingerprint density at radius 3 is 2.61 bits per heavy atom. The number of imidazole rings is 1. The van der Waals surface area contributed by atoms with Crippen molar-refractivity contribution in [3.63, 3.8) is 0 Å². The first kappa shape index (κ1) is 15.9. The molecule has 1 atom stereocenters. The van der Waals surface area contributed by atoms with Crippen molar-refractivity contribution in [1.82, 2.24) is 24.4 Å². The second-order valence-electron chi connectivity index (χ2n) is 6.41. The average Bonchev–Trinajstić information content (AvgIpc) is 2.93. The van der Waals surface area contributed by atoms with Gasteiger partial charge in [0.25, 0.3) is 0 Å². The Hall–Kier alpha value is -1.95. The zero-order chi connectivity index (χ0) is 16.4. The molecule has 124 valence electrons. The van der Waals surface area contributed by atoms with Crippen molar-refractivity contribution < 1.29 is 4.74 Å². The highest BCUT2D eigenvalue weighted by atomic mass is 16.5. The summed E-state index contributed by atoms with van der Waals surface area (Å²) < 4.78 is 7.97. The maximum atomic E-state index is 5.64. The quantitative estimate of drug-likeness (QED) is 0.848. The van der Waals surface area contributed by atoms with Gasteiger partial charge >= 0.3 is 6.01 Å². The third-order valence-corrected chi connectivity index (χ3v) is 4.43. The number of nitrogens with zero attached hydrogens (tertiary/aromatic N) is 5. The molecule has 0 N–H and O–H groups in total. The van der Waals surface area contributed by atoms with Crippen LogP contribution in [0.25, 0.3) is 0 Å². The molecule has 0 aromatic carbocycles. The number of fused-ring (bicyclic) bond motifs is 1. The van der Waals surface area contributed by atoms with Crippen molar-refractivity contribution in [2.45, 2.75) is 52.7 Å². The van der Waals surface area contributed by atoms with Gasteiger partial charge in [-0.3, -0.25) is 4.90 Å². The molecule has 2 aromatic rings. The van der Waals surface area contributed by atoms with E-state index in [-0.39, 0.29) is 0 Å². The van der Waals surface area contributed by atoms with E-state index in [9.17, 15) is 0 Å². The maximum Gasteiger partial charge on any atom is 0.316 e. The molecule has 1 aliphatic heterocycles. The predicted octanol–water partition coefficient (Wildman–Crippen LogP) is 2.39. The van der Waals surface area contributed by atoms with Crippen molar-refractivity contribution in [2.75, 3.05) is 13.2 Å². The molecule has 23 heavy (non-hydrogen) atoms. The summed E-state index contributed by atoms with van der Waals surface area (Å²) in [4.78, 5) is 15.5. The third-order valence-electron chi connectivity index (χ3n) is 4.43. The molecule has 0 amide bonds. The van der Waals surface area contributed by atoms with E-state index in [0.29, 0.717) is 24.7 Å². The molecule has 1 aliphatic rings. The van der Waals surface area contributed by atoms with E-state index in [1.807, 2.05) is 13.1 Å². The average molecular weight is 315 g/mol. The van der Waals surface area contributed by atoms with Gasteiger partial charge in [0.05, 0.1) is 12.6 Å². The van der Waals surface area contributed by atoms with Crippen LogP contribution in [-0.2, 0) is 13.0 Å². The highest BCUT2D eigenvalue weighted by Gasteiger charge is 2.28. The van der Waals surface area contributed by atoms with E-state index in [4.69, 9.17) is 4.74 Å². The molecule has 0 radical (unpaired) electrons. The van der Waals surface area contributed by atoms with Gasteiger partial charge in [0.1, 0.15) is 5.82 Å². The van der Waals surface area contributed by atoms with Gasteiger partial charge in [-0.15, -0.1) is 0 Å². The van der Waals surface area contributed by atoms with Crippen LogP contribution in [0.4, 0.5) is 0 Å². The fourth-order valence-corrected chi connectivity index (χ4v) is 3.18. The van der Waals surface area contributed by atoms with Crippen LogP contribution in [0.5, 0.6) is 6.01 Å². The summed E-state index contributed by atoms with van der Waals surface area (Å²) in [6.45, 7) is 11.3. The maximum absolute atomic E-state index is 5.64. The zero-order valence-electron chi connectivity index (χ0n) is 14.4. The Balaban J connectivity index is 1.62. The molecule has 0 unspecified atom stereocenters. The molecule has 3 heterocycles. The lowest BCUT2D eigenvalue weighted by Crippen LogP contribution is -2.41. The van der Waals surface area contributed by atoms with Crippen molar-refractivity contribution in [1.29, 1.82) is 0 Å². The van der Waals surface area contributed by atoms with Gasteiger partial charge in [0.15, 0.2) is 0 Å². The molecular weight excluding hydrogens is 290 g/mol. The summed E-state index contributed by atoms with van der Waals surface area (Å²) in [5.41, 5.74) is 2.26. The second-order valence-corrected chi connectivity index (χ2v) is 6.41. The van der Waals surface area contributed by atoms with Crippen molar-refractivity contribution in [3.05, 3.63) is 35.7 Å². The van der Waals surface area contributed by atoms with Crippen LogP contribution in [0.1, 0.15) is 43.9 Å². The Bertz CT molecular complexity index is 650. The van der Waals surface area contributed by atoms with E-state index in [1.165, 1.54) is 5.69 Å². The smallest absolute Gasteiger partial charge is 0.316 e. The second kappa shape index (κ2) is 6.66. The SMILES string of the molecule is Cc1cnc(OCCc2cnc3n2CCN(C(C)C)[C@H]3C)nc1. The van der Waals surface area contributed by atoms with Gasteiger partial charge in [0, 0.05) is 49.8 Å². The topological polar surface area (TPSA) is 56.1 Å². The molecule has 0 saturated heterocycles. The van der Waals surface area contributed by atoms with Crippen LogP contribution in [0.15, 0.2) is 18.6 Å². The van der Waals surface area contributed by atoms with Crippen LogP contribution in [0.3, 0.4) is 0 Å². The molecule has 6 nitrogen and oxygen atoms in total. The van der Waals surface area contributed by atoms with Crippen LogP contribution >= 0.6 is 0 Å². The lowest BCUT2D eigenvalue weighted by molar-refractivity contribution is 0.125. The summed E-state index contributed by atoms with van der Waals surface area (Å²) in [7, 11) is 0. The summed E-state index contributed by atoms with van der Waals surface area (Å²) >= 11 is 0. The van der Waals surface area contributed by atoms with E-state index in [2.05, 4.69) is 45.2 Å². The number of aromatic nitrogens is 4. The minimum absolute atomic E-state index is 0.360. The molecule has 6 heteroatoms. The third kappa shape index (κ3) is 3.37. The van der Waals surface area contributed by atoms with Gasteiger partial charge in [-0.2, -0.15) is 0 Å². The Morgan fingerprint density at radius 1 is 1.17 bits per heavy atom.